The van der Waals surface area contributed by atoms with Crippen LogP contribution in [-0.2, 0) is 7.05 Å². The molecule has 0 aromatic carbocycles. The van der Waals surface area contributed by atoms with Gasteiger partial charge in [0.25, 0.3) is 0 Å². The summed E-state index contributed by atoms with van der Waals surface area (Å²) in [4.78, 5) is 11.3. The van der Waals surface area contributed by atoms with Gasteiger partial charge in [0.2, 0.25) is 0 Å². The number of aromatic nitrogens is 4. The molecule has 5 nitrogen and oxygen atoms in total. The highest BCUT2D eigenvalue weighted by Gasteiger charge is 2.19. The highest BCUT2D eigenvalue weighted by molar-refractivity contribution is 7.22. The van der Waals surface area contributed by atoms with Crippen LogP contribution in [0, 0.1) is 6.92 Å². The minimum Gasteiger partial charge on any atom is -0.343 e. The van der Waals surface area contributed by atoms with Crippen LogP contribution in [0.3, 0.4) is 0 Å². The molecule has 0 saturated carbocycles. The molecule has 0 N–H and O–H groups in total. The van der Waals surface area contributed by atoms with Crippen LogP contribution in [0.1, 0.15) is 24.4 Å². The van der Waals surface area contributed by atoms with Crippen molar-refractivity contribution in [3.63, 3.8) is 0 Å². The minimum absolute atomic E-state index is 0.185. The van der Waals surface area contributed by atoms with Crippen molar-refractivity contribution in [3.05, 3.63) is 35.8 Å². The van der Waals surface area contributed by atoms with Crippen molar-refractivity contribution < 1.29 is 0 Å². The number of fused-ring (bicyclic) bond motifs is 1. The molecule has 0 saturated heterocycles. The maximum atomic E-state index is 4.70. The van der Waals surface area contributed by atoms with Crippen LogP contribution in [0.5, 0.6) is 0 Å². The van der Waals surface area contributed by atoms with Crippen molar-refractivity contribution >= 4 is 26.8 Å². The first-order valence-corrected chi connectivity index (χ1v) is 7.33. The topological polar surface area (TPSA) is 46.8 Å². The lowest BCUT2D eigenvalue weighted by Gasteiger charge is -2.23. The van der Waals surface area contributed by atoms with E-state index in [4.69, 9.17) is 4.98 Å². The molecular weight excluding hydrogens is 270 g/mol. The lowest BCUT2D eigenvalue weighted by Crippen LogP contribution is -2.22. The predicted molar refractivity (Wildman–Crippen MR) is 82.2 cm³/mol. The van der Waals surface area contributed by atoms with Crippen molar-refractivity contribution in [2.24, 2.45) is 7.05 Å². The van der Waals surface area contributed by atoms with E-state index >= 15 is 0 Å². The van der Waals surface area contributed by atoms with Crippen LogP contribution in [0.25, 0.3) is 10.3 Å². The molecule has 1 atom stereocenters. The monoisotopic (exact) mass is 287 g/mol. The Bertz CT molecular complexity index is 696. The number of aryl methyl sites for hydroxylation is 2. The molecular formula is C14H17N5S. The van der Waals surface area contributed by atoms with E-state index in [1.54, 1.807) is 11.3 Å². The SMILES string of the molecule is Cc1nn(C)c2nc(N(C)C(C)c3ccccn3)sc12. The molecule has 0 radical (unpaired) electrons. The first-order valence-electron chi connectivity index (χ1n) is 6.52. The maximum Gasteiger partial charge on any atom is 0.188 e. The van der Waals surface area contributed by atoms with Crippen molar-refractivity contribution in [1.82, 2.24) is 19.7 Å². The minimum atomic E-state index is 0.185. The Kier molecular flexibility index (Phi) is 3.17. The standard InChI is InChI=1S/C14H17N5S/c1-9-12-13(19(4)17-9)16-14(20-12)18(3)10(2)11-7-5-6-8-15-11/h5-8,10H,1-4H3. The Hall–Kier alpha value is -1.95. The zero-order chi connectivity index (χ0) is 14.3. The second kappa shape index (κ2) is 4.86. The predicted octanol–water partition coefficient (Wildman–Crippen LogP) is 2.93. The van der Waals surface area contributed by atoms with Crippen LogP contribution in [0.15, 0.2) is 24.4 Å². The summed E-state index contributed by atoms with van der Waals surface area (Å²) in [6.07, 6.45) is 1.83. The van der Waals surface area contributed by atoms with E-state index in [2.05, 4.69) is 29.0 Å². The van der Waals surface area contributed by atoms with Gasteiger partial charge < -0.3 is 4.90 Å². The van der Waals surface area contributed by atoms with Crippen LogP contribution in [0.4, 0.5) is 5.13 Å². The van der Waals surface area contributed by atoms with E-state index in [-0.39, 0.29) is 6.04 Å². The largest absolute Gasteiger partial charge is 0.343 e. The number of hydrogen-bond donors (Lipinski definition) is 0. The van der Waals surface area contributed by atoms with E-state index in [0.29, 0.717) is 0 Å². The highest BCUT2D eigenvalue weighted by atomic mass is 32.1. The van der Waals surface area contributed by atoms with E-state index in [1.807, 2.05) is 43.0 Å². The summed E-state index contributed by atoms with van der Waals surface area (Å²) in [6.45, 7) is 4.16. The quantitative estimate of drug-likeness (QED) is 0.743. The lowest BCUT2D eigenvalue weighted by atomic mass is 10.2. The zero-order valence-corrected chi connectivity index (χ0v) is 12.8. The molecule has 104 valence electrons. The van der Waals surface area contributed by atoms with E-state index in [9.17, 15) is 0 Å². The fourth-order valence-corrected chi connectivity index (χ4v) is 3.29. The number of nitrogens with zero attached hydrogens (tertiary/aromatic N) is 5. The molecule has 0 aliphatic rings. The summed E-state index contributed by atoms with van der Waals surface area (Å²) < 4.78 is 2.99. The third-order valence-electron chi connectivity index (χ3n) is 3.53. The van der Waals surface area contributed by atoms with Crippen molar-refractivity contribution in [3.8, 4) is 0 Å². The van der Waals surface area contributed by atoms with Gasteiger partial charge in [-0.25, -0.2) is 9.67 Å². The Labute approximate surface area is 121 Å². The molecule has 3 heterocycles. The van der Waals surface area contributed by atoms with Crippen molar-refractivity contribution in [2.45, 2.75) is 19.9 Å². The molecule has 3 rings (SSSR count). The molecule has 0 aliphatic heterocycles. The highest BCUT2D eigenvalue weighted by Crippen LogP contribution is 2.33. The fourth-order valence-electron chi connectivity index (χ4n) is 2.21. The van der Waals surface area contributed by atoms with Gasteiger partial charge >= 0.3 is 0 Å². The number of rotatable bonds is 3. The van der Waals surface area contributed by atoms with Gasteiger partial charge in [0.1, 0.15) is 0 Å². The van der Waals surface area contributed by atoms with Gasteiger partial charge in [-0.1, -0.05) is 17.4 Å². The number of hydrogen-bond acceptors (Lipinski definition) is 5. The van der Waals surface area contributed by atoms with Crippen LogP contribution >= 0.6 is 11.3 Å². The van der Waals surface area contributed by atoms with Gasteiger partial charge in [0.15, 0.2) is 10.8 Å². The molecule has 1 unspecified atom stereocenters. The summed E-state index contributed by atoms with van der Waals surface area (Å²) >= 11 is 1.68. The van der Waals surface area contributed by atoms with Gasteiger partial charge in [0.05, 0.1) is 22.1 Å². The Morgan fingerprint density at radius 3 is 2.80 bits per heavy atom. The zero-order valence-electron chi connectivity index (χ0n) is 12.0. The van der Waals surface area contributed by atoms with Gasteiger partial charge in [-0.3, -0.25) is 4.98 Å². The first-order chi connectivity index (χ1) is 9.58. The molecule has 0 bridgehead atoms. The number of thiazole rings is 1. The smallest absolute Gasteiger partial charge is 0.188 e. The van der Waals surface area contributed by atoms with Gasteiger partial charge in [0, 0.05) is 20.3 Å². The van der Waals surface area contributed by atoms with E-state index < -0.39 is 0 Å². The summed E-state index contributed by atoms with van der Waals surface area (Å²) in [5, 5.41) is 5.38. The van der Waals surface area contributed by atoms with Gasteiger partial charge in [-0.2, -0.15) is 5.10 Å². The molecule has 20 heavy (non-hydrogen) atoms. The fraction of sp³-hybridized carbons (Fsp3) is 0.357. The Balaban J connectivity index is 1.96. The third-order valence-corrected chi connectivity index (χ3v) is 4.78. The third kappa shape index (κ3) is 2.06. The van der Waals surface area contributed by atoms with Crippen LogP contribution in [-0.4, -0.2) is 26.8 Å². The molecule has 3 aromatic rings. The molecule has 0 amide bonds. The second-order valence-corrected chi connectivity index (χ2v) is 5.88. The summed E-state index contributed by atoms with van der Waals surface area (Å²) in [7, 11) is 3.99. The van der Waals surface area contributed by atoms with Gasteiger partial charge in [-0.05, 0) is 26.0 Å². The molecule has 3 aromatic heterocycles. The lowest BCUT2D eigenvalue weighted by molar-refractivity contribution is 0.710. The number of pyridine rings is 1. The van der Waals surface area contributed by atoms with Gasteiger partial charge in [-0.15, -0.1) is 0 Å². The summed E-state index contributed by atoms with van der Waals surface area (Å²) in [6, 6.07) is 6.17. The van der Waals surface area contributed by atoms with E-state index in [0.717, 1.165) is 26.9 Å². The van der Waals surface area contributed by atoms with Crippen LogP contribution in [0.2, 0.25) is 0 Å². The average Bonchev–Trinajstić information content (AvgIpc) is 3.01. The summed E-state index contributed by atoms with van der Waals surface area (Å²) in [5.74, 6) is 0. The van der Waals surface area contributed by atoms with Crippen LogP contribution < -0.4 is 4.90 Å². The first kappa shape index (κ1) is 13.1. The average molecular weight is 287 g/mol. The maximum absolute atomic E-state index is 4.70. The number of anilines is 1. The second-order valence-electron chi connectivity index (χ2n) is 4.90. The molecule has 0 aliphatic carbocycles. The normalized spacial score (nSPS) is 12.8. The molecule has 6 heteroatoms. The molecule has 0 spiro atoms. The van der Waals surface area contributed by atoms with Crippen molar-refractivity contribution in [2.75, 3.05) is 11.9 Å². The molecule has 0 fully saturated rings. The van der Waals surface area contributed by atoms with Crippen molar-refractivity contribution in [1.29, 1.82) is 0 Å². The summed E-state index contributed by atoms with van der Waals surface area (Å²) in [5.41, 5.74) is 3.02. The Morgan fingerprint density at radius 1 is 1.35 bits per heavy atom. The van der Waals surface area contributed by atoms with E-state index in [1.165, 1.54) is 0 Å². The Morgan fingerprint density at radius 2 is 2.15 bits per heavy atom.